The Morgan fingerprint density at radius 1 is 1.00 bits per heavy atom. The second kappa shape index (κ2) is 6.41. The Labute approximate surface area is 161 Å². The molecule has 0 heterocycles. The summed E-state index contributed by atoms with van der Waals surface area (Å²) < 4.78 is 0. The van der Waals surface area contributed by atoms with Crippen molar-refractivity contribution in [3.63, 3.8) is 0 Å². The van der Waals surface area contributed by atoms with Crippen molar-refractivity contribution in [2.75, 3.05) is 11.9 Å². The van der Waals surface area contributed by atoms with Crippen molar-refractivity contribution >= 4 is 28.1 Å². The first-order chi connectivity index (χ1) is 12.8. The number of hydrogen-bond donors (Lipinski definition) is 1. The fourth-order valence-corrected chi connectivity index (χ4v) is 3.86. The van der Waals surface area contributed by atoms with Gasteiger partial charge in [-0.2, -0.15) is 0 Å². The summed E-state index contributed by atoms with van der Waals surface area (Å²) in [5.41, 5.74) is 12.6. The molecule has 0 atom stereocenters. The lowest BCUT2D eigenvalue weighted by atomic mass is 9.87. The van der Waals surface area contributed by atoms with Crippen LogP contribution < -0.4 is 10.6 Å². The Hall–Kier alpha value is -2.81. The summed E-state index contributed by atoms with van der Waals surface area (Å²) in [6.45, 7) is 6.66. The van der Waals surface area contributed by atoms with E-state index < -0.39 is 0 Å². The molecule has 138 valence electrons. The van der Waals surface area contributed by atoms with Crippen LogP contribution in [0.1, 0.15) is 37.5 Å². The zero-order chi connectivity index (χ0) is 19.2. The number of hydrogen-bond acceptors (Lipinski definition) is 1. The summed E-state index contributed by atoms with van der Waals surface area (Å²) in [5, 5.41) is 2.66. The normalized spacial score (nSPS) is 14.0. The first-order valence-corrected chi connectivity index (χ1v) is 9.56. The number of nitrogens with two attached hydrogens (primary N) is 1. The van der Waals surface area contributed by atoms with E-state index in [9.17, 15) is 0 Å². The molecule has 0 aliphatic heterocycles. The number of aryl methyl sites for hydroxylation is 2. The molecule has 0 amide bonds. The maximum absolute atomic E-state index is 6.40. The maximum Gasteiger partial charge on any atom is 0.200 e. The molecule has 2 N–H and O–H groups in total. The second-order valence-corrected chi connectivity index (χ2v) is 8.41. The van der Waals surface area contributed by atoms with Gasteiger partial charge in [-0.3, -0.25) is 0 Å². The first kappa shape index (κ1) is 17.6. The van der Waals surface area contributed by atoms with E-state index in [2.05, 4.69) is 75.4 Å². The molecular formula is C24H27N3. The first-order valence-electron chi connectivity index (χ1n) is 9.56. The van der Waals surface area contributed by atoms with Crippen LogP contribution in [0.5, 0.6) is 0 Å². The van der Waals surface area contributed by atoms with Gasteiger partial charge in [0.1, 0.15) is 0 Å². The molecule has 0 spiro atoms. The summed E-state index contributed by atoms with van der Waals surface area (Å²) in [6, 6.07) is 19.3. The van der Waals surface area contributed by atoms with Crippen LogP contribution in [0.3, 0.4) is 0 Å². The van der Waals surface area contributed by atoms with E-state index in [0.29, 0.717) is 5.96 Å². The molecule has 1 aliphatic rings. The maximum atomic E-state index is 6.40. The molecule has 27 heavy (non-hydrogen) atoms. The number of guanidine groups is 1. The Kier molecular flexibility index (Phi) is 4.18. The molecule has 3 heteroatoms. The van der Waals surface area contributed by atoms with Crippen LogP contribution in [0.25, 0.3) is 10.8 Å². The average molecular weight is 358 g/mol. The van der Waals surface area contributed by atoms with E-state index in [1.807, 2.05) is 11.9 Å². The van der Waals surface area contributed by atoms with Crippen LogP contribution in [0.4, 0.5) is 11.4 Å². The van der Waals surface area contributed by atoms with Crippen LogP contribution in [0, 0.1) is 0 Å². The quantitative estimate of drug-likeness (QED) is 0.498. The standard InChI is InChI=1S/C24H27N3/c1-24(2,3)18-9-6-10-19(15-18)27(4)23(25)26-21-14-12-17-8-5-7-16-11-13-20(21)22(16)17/h5-10,12,14-15H,11,13H2,1-4H3,(H2,25,26). The molecule has 0 aromatic heterocycles. The number of nitrogens with zero attached hydrogens (tertiary/aromatic N) is 2. The van der Waals surface area contributed by atoms with Crippen LogP contribution >= 0.6 is 0 Å². The summed E-state index contributed by atoms with van der Waals surface area (Å²) in [5.74, 6) is 0.515. The molecule has 0 unspecified atom stereocenters. The van der Waals surface area contributed by atoms with Crippen molar-refractivity contribution in [3.8, 4) is 0 Å². The van der Waals surface area contributed by atoms with Gasteiger partial charge < -0.3 is 10.6 Å². The Bertz CT molecular complexity index is 1040. The van der Waals surface area contributed by atoms with Crippen molar-refractivity contribution in [2.24, 2.45) is 10.7 Å². The Morgan fingerprint density at radius 3 is 2.56 bits per heavy atom. The Morgan fingerprint density at radius 2 is 1.78 bits per heavy atom. The van der Waals surface area contributed by atoms with Crippen LogP contribution in [-0.2, 0) is 18.3 Å². The average Bonchev–Trinajstić information content (AvgIpc) is 3.09. The summed E-state index contributed by atoms with van der Waals surface area (Å²) >= 11 is 0. The smallest absolute Gasteiger partial charge is 0.200 e. The van der Waals surface area contributed by atoms with Gasteiger partial charge in [0.25, 0.3) is 0 Å². The minimum absolute atomic E-state index is 0.101. The molecule has 0 saturated heterocycles. The van der Waals surface area contributed by atoms with Crippen molar-refractivity contribution in [1.82, 2.24) is 0 Å². The van der Waals surface area contributed by atoms with Gasteiger partial charge >= 0.3 is 0 Å². The highest BCUT2D eigenvalue weighted by Gasteiger charge is 2.18. The van der Waals surface area contributed by atoms with Gasteiger partial charge in [0, 0.05) is 12.7 Å². The zero-order valence-corrected chi connectivity index (χ0v) is 16.6. The largest absolute Gasteiger partial charge is 0.369 e. The van der Waals surface area contributed by atoms with Gasteiger partial charge in [-0.25, -0.2) is 4.99 Å². The molecule has 0 radical (unpaired) electrons. The molecule has 3 aromatic rings. The van der Waals surface area contributed by atoms with Crippen LogP contribution in [-0.4, -0.2) is 13.0 Å². The fraction of sp³-hybridized carbons (Fsp3) is 0.292. The van der Waals surface area contributed by atoms with Gasteiger partial charge in [0.2, 0.25) is 5.96 Å². The third kappa shape index (κ3) is 3.18. The van der Waals surface area contributed by atoms with E-state index in [1.165, 1.54) is 27.5 Å². The van der Waals surface area contributed by atoms with Gasteiger partial charge in [-0.1, -0.05) is 57.2 Å². The van der Waals surface area contributed by atoms with Gasteiger partial charge in [0.05, 0.1) is 5.69 Å². The third-order valence-electron chi connectivity index (χ3n) is 5.54. The van der Waals surface area contributed by atoms with E-state index in [0.717, 1.165) is 24.2 Å². The monoisotopic (exact) mass is 357 g/mol. The minimum atomic E-state index is 0.101. The fourth-order valence-electron chi connectivity index (χ4n) is 3.86. The molecule has 4 rings (SSSR count). The topological polar surface area (TPSA) is 41.6 Å². The lowest BCUT2D eigenvalue weighted by Gasteiger charge is -2.23. The van der Waals surface area contributed by atoms with Crippen molar-refractivity contribution < 1.29 is 0 Å². The zero-order valence-electron chi connectivity index (χ0n) is 16.6. The second-order valence-electron chi connectivity index (χ2n) is 8.41. The molecule has 0 fully saturated rings. The van der Waals surface area contributed by atoms with Crippen molar-refractivity contribution in [3.05, 3.63) is 71.3 Å². The van der Waals surface area contributed by atoms with Crippen LogP contribution in [0.15, 0.2) is 59.6 Å². The van der Waals surface area contributed by atoms with Gasteiger partial charge in [-0.15, -0.1) is 0 Å². The lowest BCUT2D eigenvalue weighted by Crippen LogP contribution is -2.33. The van der Waals surface area contributed by atoms with Crippen LogP contribution in [0.2, 0.25) is 0 Å². The highest BCUT2D eigenvalue weighted by Crippen LogP contribution is 2.37. The summed E-state index contributed by atoms with van der Waals surface area (Å²) in [6.07, 6.45) is 2.12. The number of aliphatic imine (C=N–C) groups is 1. The Balaban J connectivity index is 1.71. The predicted octanol–water partition coefficient (Wildman–Crippen LogP) is 5.32. The highest BCUT2D eigenvalue weighted by atomic mass is 15.2. The minimum Gasteiger partial charge on any atom is -0.369 e. The SMILES string of the molecule is CN(C(N)=Nc1ccc2cccc3c2c1CC3)c1cccc(C(C)(C)C)c1. The van der Waals surface area contributed by atoms with E-state index >= 15 is 0 Å². The van der Waals surface area contributed by atoms with Crippen molar-refractivity contribution in [2.45, 2.75) is 39.0 Å². The predicted molar refractivity (Wildman–Crippen MR) is 116 cm³/mol. The van der Waals surface area contributed by atoms with E-state index in [1.54, 1.807) is 0 Å². The van der Waals surface area contributed by atoms with E-state index in [-0.39, 0.29) is 5.41 Å². The molecule has 0 bridgehead atoms. The molecule has 0 saturated carbocycles. The summed E-state index contributed by atoms with van der Waals surface area (Å²) in [7, 11) is 1.98. The molecular weight excluding hydrogens is 330 g/mol. The molecule has 3 aromatic carbocycles. The third-order valence-corrected chi connectivity index (χ3v) is 5.54. The van der Waals surface area contributed by atoms with Crippen molar-refractivity contribution in [1.29, 1.82) is 0 Å². The summed E-state index contributed by atoms with van der Waals surface area (Å²) in [4.78, 5) is 6.77. The highest BCUT2D eigenvalue weighted by molar-refractivity contribution is 5.99. The van der Waals surface area contributed by atoms with Gasteiger partial charge in [0.15, 0.2) is 0 Å². The molecule has 1 aliphatic carbocycles. The molecule has 3 nitrogen and oxygen atoms in total. The number of rotatable bonds is 2. The van der Waals surface area contributed by atoms with Gasteiger partial charge in [-0.05, 0) is 63.9 Å². The lowest BCUT2D eigenvalue weighted by molar-refractivity contribution is 0.590. The number of anilines is 1. The van der Waals surface area contributed by atoms with E-state index in [4.69, 9.17) is 10.7 Å². The number of benzene rings is 3.